The van der Waals surface area contributed by atoms with E-state index >= 15 is 0 Å². The second-order valence-electron chi connectivity index (χ2n) is 6.51. The van der Waals surface area contributed by atoms with Crippen molar-refractivity contribution in [3.8, 4) is 0 Å². The number of carbonyl (C=O) groups is 2. The Morgan fingerprint density at radius 3 is 2.37 bits per heavy atom. The number of imide groups is 1. The predicted molar refractivity (Wildman–Crippen MR) is 102 cm³/mol. The maximum absolute atomic E-state index is 12.6. The Balaban J connectivity index is 1.65. The predicted octanol–water partition coefficient (Wildman–Crippen LogP) is 1.97. The van der Waals surface area contributed by atoms with Gasteiger partial charge < -0.3 is 5.32 Å². The van der Waals surface area contributed by atoms with Crippen LogP contribution in [0.5, 0.6) is 0 Å². The Morgan fingerprint density at radius 1 is 0.926 bits per heavy atom. The maximum Gasteiger partial charge on any atom is 0.329 e. The highest BCUT2D eigenvalue weighted by Crippen LogP contribution is 2.19. The van der Waals surface area contributed by atoms with Gasteiger partial charge in [0.2, 0.25) is 0 Å². The molecule has 0 bridgehead atoms. The molecule has 4 rings (SSSR count). The van der Waals surface area contributed by atoms with Gasteiger partial charge in [-0.2, -0.15) is 0 Å². The van der Waals surface area contributed by atoms with Gasteiger partial charge in [0, 0.05) is 14.1 Å². The van der Waals surface area contributed by atoms with Gasteiger partial charge in [-0.05, 0) is 29.3 Å². The number of amides is 3. The molecule has 7 nitrogen and oxygen atoms in total. The van der Waals surface area contributed by atoms with Crippen LogP contribution in [0.3, 0.4) is 0 Å². The lowest BCUT2D eigenvalue weighted by atomic mass is 10.1. The normalized spacial score (nSPS) is 15.8. The van der Waals surface area contributed by atoms with Crippen LogP contribution in [-0.2, 0) is 25.4 Å². The molecule has 7 heteroatoms. The summed E-state index contributed by atoms with van der Waals surface area (Å²) in [5, 5.41) is 2.63. The Hall–Kier alpha value is -3.61. The molecule has 0 unspecified atom stereocenters. The zero-order valence-electron chi connectivity index (χ0n) is 15.0. The van der Waals surface area contributed by atoms with Gasteiger partial charge in [0.15, 0.2) is 0 Å². The maximum atomic E-state index is 12.6. The average molecular weight is 362 g/mol. The van der Waals surface area contributed by atoms with Gasteiger partial charge in [0.25, 0.3) is 5.91 Å². The first-order chi connectivity index (χ1) is 13.0. The second kappa shape index (κ2) is 6.28. The molecule has 1 saturated heterocycles. The van der Waals surface area contributed by atoms with Gasteiger partial charge >= 0.3 is 11.7 Å². The van der Waals surface area contributed by atoms with Gasteiger partial charge in [0.05, 0.1) is 17.6 Å². The van der Waals surface area contributed by atoms with E-state index in [1.165, 1.54) is 4.90 Å². The smallest absolute Gasteiger partial charge is 0.303 e. The fourth-order valence-corrected chi connectivity index (χ4v) is 3.26. The standard InChI is InChI=1S/C20H18N4O3/c1-22-16-9-8-14(11-17(16)23(2)20(22)27)10-15-18(25)24(19(26)21-15)12-13-6-4-3-5-7-13/h3-11H,12H2,1-2H3,(H,21,26). The van der Waals surface area contributed by atoms with Gasteiger partial charge in [0.1, 0.15) is 5.70 Å². The molecule has 27 heavy (non-hydrogen) atoms. The SMILES string of the molecule is Cn1c(=O)n(C)c2cc(C=C3NC(=O)N(Cc4ccccc4)C3=O)ccc21. The second-order valence-corrected chi connectivity index (χ2v) is 6.51. The third-order valence-electron chi connectivity index (χ3n) is 4.75. The van der Waals surface area contributed by atoms with Crippen molar-refractivity contribution >= 4 is 29.0 Å². The quantitative estimate of drug-likeness (QED) is 0.572. The number of carbonyl (C=O) groups excluding carboxylic acids is 2. The van der Waals surface area contributed by atoms with Crippen LogP contribution in [0.1, 0.15) is 11.1 Å². The first kappa shape index (κ1) is 16.8. The van der Waals surface area contributed by atoms with E-state index in [-0.39, 0.29) is 23.8 Å². The molecule has 2 heterocycles. The van der Waals surface area contributed by atoms with Gasteiger partial charge in [-0.15, -0.1) is 0 Å². The van der Waals surface area contributed by atoms with E-state index in [1.54, 1.807) is 29.3 Å². The lowest BCUT2D eigenvalue weighted by Crippen LogP contribution is -2.30. The monoisotopic (exact) mass is 362 g/mol. The third-order valence-corrected chi connectivity index (χ3v) is 4.75. The summed E-state index contributed by atoms with van der Waals surface area (Å²) in [6.45, 7) is 0.217. The van der Waals surface area contributed by atoms with E-state index in [1.807, 2.05) is 48.5 Å². The first-order valence-corrected chi connectivity index (χ1v) is 8.49. The molecule has 3 aromatic rings. The van der Waals surface area contributed by atoms with Crippen molar-refractivity contribution < 1.29 is 9.59 Å². The minimum Gasteiger partial charge on any atom is -0.303 e. The largest absolute Gasteiger partial charge is 0.329 e. The number of benzene rings is 2. The molecule has 1 aliphatic rings. The molecular formula is C20H18N4O3. The molecule has 3 amide bonds. The summed E-state index contributed by atoms with van der Waals surface area (Å²) in [5.41, 5.74) is 3.27. The molecule has 1 fully saturated rings. The van der Waals surface area contributed by atoms with E-state index < -0.39 is 6.03 Å². The van der Waals surface area contributed by atoms with E-state index in [0.29, 0.717) is 0 Å². The number of rotatable bonds is 3. The van der Waals surface area contributed by atoms with Crippen LogP contribution in [0.15, 0.2) is 59.0 Å². The first-order valence-electron chi connectivity index (χ1n) is 8.49. The summed E-state index contributed by atoms with van der Waals surface area (Å²) in [4.78, 5) is 38.1. The van der Waals surface area contributed by atoms with Crippen molar-refractivity contribution in [2.24, 2.45) is 14.1 Å². The van der Waals surface area contributed by atoms with E-state index in [4.69, 9.17) is 0 Å². The molecule has 136 valence electrons. The number of nitrogens with zero attached hydrogens (tertiary/aromatic N) is 3. The van der Waals surface area contributed by atoms with Crippen LogP contribution in [-0.4, -0.2) is 26.0 Å². The fourth-order valence-electron chi connectivity index (χ4n) is 3.26. The summed E-state index contributed by atoms with van der Waals surface area (Å²) < 4.78 is 3.12. The van der Waals surface area contributed by atoms with Gasteiger partial charge in [-0.25, -0.2) is 9.59 Å². The summed E-state index contributed by atoms with van der Waals surface area (Å²) in [6, 6.07) is 14.4. The van der Waals surface area contributed by atoms with Crippen LogP contribution in [0.2, 0.25) is 0 Å². The number of aryl methyl sites for hydroxylation is 2. The summed E-state index contributed by atoms with van der Waals surface area (Å²) in [5.74, 6) is -0.370. The number of hydrogen-bond acceptors (Lipinski definition) is 3. The number of imidazole rings is 1. The Kier molecular flexibility index (Phi) is 3.92. The number of hydrogen-bond donors (Lipinski definition) is 1. The molecule has 0 saturated carbocycles. The fraction of sp³-hybridized carbons (Fsp3) is 0.150. The zero-order chi connectivity index (χ0) is 19.1. The number of urea groups is 1. The topological polar surface area (TPSA) is 76.3 Å². The molecule has 2 aromatic carbocycles. The van der Waals surface area contributed by atoms with Crippen molar-refractivity contribution in [3.63, 3.8) is 0 Å². The Bertz CT molecular complexity index is 1160. The van der Waals surface area contributed by atoms with Crippen LogP contribution in [0.25, 0.3) is 17.1 Å². The van der Waals surface area contributed by atoms with Crippen LogP contribution < -0.4 is 11.0 Å². The van der Waals surface area contributed by atoms with Crippen molar-refractivity contribution in [3.05, 3.63) is 75.8 Å². The Morgan fingerprint density at radius 2 is 1.63 bits per heavy atom. The summed E-state index contributed by atoms with van der Waals surface area (Å²) >= 11 is 0. The average Bonchev–Trinajstić information content (AvgIpc) is 3.05. The zero-order valence-corrected chi connectivity index (χ0v) is 15.0. The number of fused-ring (bicyclic) bond motifs is 1. The lowest BCUT2D eigenvalue weighted by molar-refractivity contribution is -0.123. The minimum atomic E-state index is -0.441. The van der Waals surface area contributed by atoms with Crippen molar-refractivity contribution in [1.29, 1.82) is 0 Å². The van der Waals surface area contributed by atoms with Crippen molar-refractivity contribution in [2.45, 2.75) is 6.54 Å². The van der Waals surface area contributed by atoms with E-state index in [0.717, 1.165) is 22.2 Å². The summed E-state index contributed by atoms with van der Waals surface area (Å²) in [6.07, 6.45) is 1.63. The Labute approximate surface area is 155 Å². The van der Waals surface area contributed by atoms with E-state index in [9.17, 15) is 14.4 Å². The molecular weight excluding hydrogens is 344 g/mol. The third kappa shape index (κ3) is 2.83. The minimum absolute atomic E-state index is 0.117. The number of aromatic nitrogens is 2. The summed E-state index contributed by atoms with van der Waals surface area (Å²) in [7, 11) is 3.41. The molecule has 0 spiro atoms. The highest BCUT2D eigenvalue weighted by molar-refractivity contribution is 6.14. The highest BCUT2D eigenvalue weighted by Gasteiger charge is 2.33. The van der Waals surface area contributed by atoms with Crippen molar-refractivity contribution in [2.75, 3.05) is 0 Å². The number of nitrogens with one attached hydrogen (secondary N) is 1. The molecule has 1 aromatic heterocycles. The van der Waals surface area contributed by atoms with Crippen LogP contribution in [0, 0.1) is 0 Å². The van der Waals surface area contributed by atoms with Gasteiger partial charge in [-0.3, -0.25) is 18.8 Å². The van der Waals surface area contributed by atoms with Crippen molar-refractivity contribution in [1.82, 2.24) is 19.4 Å². The molecule has 0 atom stereocenters. The molecule has 1 N–H and O–H groups in total. The molecule has 1 aliphatic heterocycles. The highest BCUT2D eigenvalue weighted by atomic mass is 16.2. The molecule has 0 radical (unpaired) electrons. The molecule has 0 aliphatic carbocycles. The van der Waals surface area contributed by atoms with Gasteiger partial charge in [-0.1, -0.05) is 36.4 Å². The van der Waals surface area contributed by atoms with Crippen LogP contribution >= 0.6 is 0 Å². The van der Waals surface area contributed by atoms with E-state index in [2.05, 4.69) is 5.32 Å². The lowest BCUT2D eigenvalue weighted by Gasteiger charge is -2.11. The van der Waals surface area contributed by atoms with Crippen LogP contribution in [0.4, 0.5) is 4.79 Å².